The number of aryl methyl sites for hydroxylation is 2. The van der Waals surface area contributed by atoms with E-state index < -0.39 is 0 Å². The van der Waals surface area contributed by atoms with Crippen molar-refractivity contribution >= 4 is 6.03 Å². The number of carbonyl (C=O) groups is 1. The summed E-state index contributed by atoms with van der Waals surface area (Å²) >= 11 is 0. The number of rotatable bonds is 3. The Morgan fingerprint density at radius 3 is 2.71 bits per heavy atom. The summed E-state index contributed by atoms with van der Waals surface area (Å²) in [5.74, 6) is 0.767. The number of aromatic nitrogens is 1. The smallest absolute Gasteiger partial charge is 0.315 e. The van der Waals surface area contributed by atoms with Gasteiger partial charge in [0.25, 0.3) is 0 Å². The average Bonchev–Trinajstić information content (AvgIpc) is 2.88. The minimum Gasteiger partial charge on any atom is -0.361 e. The normalized spacial score (nSPS) is 16.1. The molecule has 2 rings (SSSR count). The third kappa shape index (κ3) is 2.99. The van der Waals surface area contributed by atoms with Gasteiger partial charge in [0.1, 0.15) is 5.76 Å². The second kappa shape index (κ2) is 5.21. The summed E-state index contributed by atoms with van der Waals surface area (Å²) in [7, 11) is 0. The molecular formula is C12H19N3O2. The van der Waals surface area contributed by atoms with Gasteiger partial charge in [0.2, 0.25) is 0 Å². The van der Waals surface area contributed by atoms with E-state index in [9.17, 15) is 4.79 Å². The number of hydrogen-bond donors (Lipinski definition) is 2. The summed E-state index contributed by atoms with van der Waals surface area (Å²) < 4.78 is 5.04. The van der Waals surface area contributed by atoms with Crippen molar-refractivity contribution in [1.29, 1.82) is 0 Å². The van der Waals surface area contributed by atoms with E-state index in [0.29, 0.717) is 12.6 Å². The monoisotopic (exact) mass is 237 g/mol. The Morgan fingerprint density at radius 2 is 2.12 bits per heavy atom. The number of hydrogen-bond acceptors (Lipinski definition) is 3. The number of carbonyl (C=O) groups excluding carboxylic acids is 1. The van der Waals surface area contributed by atoms with Crippen LogP contribution >= 0.6 is 0 Å². The first-order valence-corrected chi connectivity index (χ1v) is 6.13. The van der Waals surface area contributed by atoms with E-state index in [2.05, 4.69) is 15.8 Å². The van der Waals surface area contributed by atoms with Crippen molar-refractivity contribution in [2.45, 2.75) is 52.1 Å². The maximum Gasteiger partial charge on any atom is 0.315 e. The Labute approximate surface area is 101 Å². The Hall–Kier alpha value is -1.52. The van der Waals surface area contributed by atoms with Gasteiger partial charge in [-0.1, -0.05) is 18.0 Å². The van der Waals surface area contributed by atoms with Crippen LogP contribution in [0.1, 0.15) is 42.7 Å². The van der Waals surface area contributed by atoms with Gasteiger partial charge in [-0.3, -0.25) is 0 Å². The molecule has 0 spiro atoms. The lowest BCUT2D eigenvalue weighted by Crippen LogP contribution is -2.40. The summed E-state index contributed by atoms with van der Waals surface area (Å²) in [6.45, 7) is 4.20. The number of amides is 2. The SMILES string of the molecule is Cc1noc(C)c1CNC(=O)NC1CCCC1. The van der Waals surface area contributed by atoms with Gasteiger partial charge in [-0.15, -0.1) is 0 Å². The fourth-order valence-corrected chi connectivity index (χ4v) is 2.23. The molecule has 0 aromatic carbocycles. The van der Waals surface area contributed by atoms with Gasteiger partial charge in [0.05, 0.1) is 5.69 Å². The Bertz CT molecular complexity index is 375. The highest BCUT2D eigenvalue weighted by atomic mass is 16.5. The molecule has 0 radical (unpaired) electrons. The fraction of sp³-hybridized carbons (Fsp3) is 0.667. The van der Waals surface area contributed by atoms with Gasteiger partial charge >= 0.3 is 6.03 Å². The van der Waals surface area contributed by atoms with Crippen LogP contribution in [0.25, 0.3) is 0 Å². The van der Waals surface area contributed by atoms with Crippen molar-refractivity contribution in [2.75, 3.05) is 0 Å². The van der Waals surface area contributed by atoms with Crippen molar-refractivity contribution in [2.24, 2.45) is 0 Å². The van der Waals surface area contributed by atoms with E-state index in [1.165, 1.54) is 12.8 Å². The third-order valence-electron chi connectivity index (χ3n) is 3.30. The lowest BCUT2D eigenvalue weighted by Gasteiger charge is -2.12. The number of nitrogens with zero attached hydrogens (tertiary/aromatic N) is 1. The highest BCUT2D eigenvalue weighted by molar-refractivity contribution is 5.74. The third-order valence-corrected chi connectivity index (χ3v) is 3.30. The summed E-state index contributed by atoms with van der Waals surface area (Å²) in [6, 6.07) is 0.247. The minimum absolute atomic E-state index is 0.100. The van der Waals surface area contributed by atoms with Crippen molar-refractivity contribution < 1.29 is 9.32 Å². The molecule has 1 fully saturated rings. The van der Waals surface area contributed by atoms with Crippen molar-refractivity contribution in [1.82, 2.24) is 15.8 Å². The van der Waals surface area contributed by atoms with Crippen LogP contribution in [-0.4, -0.2) is 17.2 Å². The van der Waals surface area contributed by atoms with E-state index >= 15 is 0 Å². The molecule has 1 saturated carbocycles. The molecule has 0 atom stereocenters. The van der Waals surface area contributed by atoms with Crippen LogP contribution in [0.3, 0.4) is 0 Å². The molecule has 2 N–H and O–H groups in total. The largest absolute Gasteiger partial charge is 0.361 e. The van der Waals surface area contributed by atoms with Crippen molar-refractivity contribution in [3.8, 4) is 0 Å². The molecule has 17 heavy (non-hydrogen) atoms. The average molecular weight is 237 g/mol. The Morgan fingerprint density at radius 1 is 1.41 bits per heavy atom. The van der Waals surface area contributed by atoms with Crippen LogP contribution in [0.4, 0.5) is 4.79 Å². The van der Waals surface area contributed by atoms with Gasteiger partial charge in [0.15, 0.2) is 0 Å². The molecule has 5 heteroatoms. The minimum atomic E-state index is -0.100. The second-order valence-electron chi connectivity index (χ2n) is 4.61. The molecule has 1 heterocycles. The molecule has 0 saturated heterocycles. The Balaban J connectivity index is 1.79. The fourth-order valence-electron chi connectivity index (χ4n) is 2.23. The van der Waals surface area contributed by atoms with E-state index in [1.54, 1.807) is 0 Å². The summed E-state index contributed by atoms with van der Waals surface area (Å²) in [5.41, 5.74) is 1.80. The molecule has 1 aromatic rings. The molecule has 1 aliphatic rings. The predicted molar refractivity (Wildman–Crippen MR) is 63.6 cm³/mol. The first kappa shape index (κ1) is 12.0. The van der Waals surface area contributed by atoms with Gasteiger partial charge in [-0.05, 0) is 26.7 Å². The predicted octanol–water partition coefficient (Wildman–Crippen LogP) is 2.03. The van der Waals surface area contributed by atoms with E-state index in [1.807, 2.05) is 13.8 Å². The maximum absolute atomic E-state index is 11.6. The molecular weight excluding hydrogens is 218 g/mol. The van der Waals surface area contributed by atoms with Crippen molar-refractivity contribution in [3.05, 3.63) is 17.0 Å². The summed E-state index contributed by atoms with van der Waals surface area (Å²) in [4.78, 5) is 11.6. The highest BCUT2D eigenvalue weighted by Crippen LogP contribution is 2.17. The zero-order chi connectivity index (χ0) is 12.3. The molecule has 2 amide bonds. The zero-order valence-corrected chi connectivity index (χ0v) is 10.4. The maximum atomic E-state index is 11.6. The number of nitrogens with one attached hydrogen (secondary N) is 2. The first-order valence-electron chi connectivity index (χ1n) is 6.13. The lowest BCUT2D eigenvalue weighted by atomic mass is 10.2. The van der Waals surface area contributed by atoms with Crippen LogP contribution in [0.2, 0.25) is 0 Å². The summed E-state index contributed by atoms with van der Waals surface area (Å²) in [5, 5.41) is 9.67. The van der Waals surface area contributed by atoms with Crippen molar-refractivity contribution in [3.63, 3.8) is 0 Å². The molecule has 0 aliphatic heterocycles. The number of urea groups is 1. The van der Waals surface area contributed by atoms with E-state index in [0.717, 1.165) is 29.9 Å². The van der Waals surface area contributed by atoms with Crippen LogP contribution < -0.4 is 10.6 Å². The Kier molecular flexibility index (Phi) is 3.66. The zero-order valence-electron chi connectivity index (χ0n) is 10.4. The molecule has 1 aromatic heterocycles. The molecule has 0 bridgehead atoms. The lowest BCUT2D eigenvalue weighted by molar-refractivity contribution is 0.236. The van der Waals surface area contributed by atoms with Gasteiger partial charge < -0.3 is 15.2 Å². The first-order chi connectivity index (χ1) is 8.16. The van der Waals surface area contributed by atoms with Crippen LogP contribution in [0.15, 0.2) is 4.52 Å². The van der Waals surface area contributed by atoms with Gasteiger partial charge in [-0.2, -0.15) is 0 Å². The quantitative estimate of drug-likeness (QED) is 0.845. The van der Waals surface area contributed by atoms with Crippen LogP contribution in [0, 0.1) is 13.8 Å². The van der Waals surface area contributed by atoms with Gasteiger partial charge in [-0.25, -0.2) is 4.79 Å². The van der Waals surface area contributed by atoms with Crippen LogP contribution in [0.5, 0.6) is 0 Å². The standard InChI is InChI=1S/C12H19N3O2/c1-8-11(9(2)17-15-8)7-13-12(16)14-10-5-3-4-6-10/h10H,3-7H2,1-2H3,(H2,13,14,16). The molecule has 1 aliphatic carbocycles. The summed E-state index contributed by atoms with van der Waals surface area (Å²) in [6.07, 6.45) is 4.63. The van der Waals surface area contributed by atoms with Gasteiger partial charge in [0, 0.05) is 18.2 Å². The molecule has 0 unspecified atom stereocenters. The van der Waals surface area contributed by atoms with Crippen LogP contribution in [-0.2, 0) is 6.54 Å². The molecule has 94 valence electrons. The van der Waals surface area contributed by atoms with E-state index in [-0.39, 0.29) is 6.03 Å². The second-order valence-corrected chi connectivity index (χ2v) is 4.61. The topological polar surface area (TPSA) is 67.2 Å². The molecule has 5 nitrogen and oxygen atoms in total. The highest BCUT2D eigenvalue weighted by Gasteiger charge is 2.17. The van der Waals surface area contributed by atoms with E-state index in [4.69, 9.17) is 4.52 Å².